The zero-order chi connectivity index (χ0) is 30.6. The normalized spacial score (nSPS) is 17.4. The number of nitrogens with one attached hydrogen (secondary N) is 2. The molecule has 0 unspecified atom stereocenters. The fourth-order valence-electron chi connectivity index (χ4n) is 4.93. The van der Waals surface area contributed by atoms with E-state index in [1.54, 1.807) is 36.4 Å². The van der Waals surface area contributed by atoms with Gasteiger partial charge in [-0.2, -0.15) is 0 Å². The molecule has 0 bridgehead atoms. The maximum absolute atomic E-state index is 13.9. The number of rotatable bonds is 9. The molecule has 11 heteroatoms. The molecule has 0 saturated carbocycles. The molecule has 3 atom stereocenters. The van der Waals surface area contributed by atoms with Gasteiger partial charge < -0.3 is 26.4 Å². The molecule has 0 spiro atoms. The molecule has 1 heterocycles. The number of halogens is 2. The van der Waals surface area contributed by atoms with Gasteiger partial charge in [0.15, 0.2) is 6.10 Å². The molecule has 0 aliphatic carbocycles. The summed E-state index contributed by atoms with van der Waals surface area (Å²) in [5.74, 6) is -1.38. The van der Waals surface area contributed by atoms with Gasteiger partial charge in [-0.3, -0.25) is 14.4 Å². The molecular formula is C31H34Cl2N4O4S. The smallest absolute Gasteiger partial charge is 0.254 e. The van der Waals surface area contributed by atoms with Gasteiger partial charge in [-0.05, 0) is 68.1 Å². The van der Waals surface area contributed by atoms with Crippen molar-refractivity contribution in [2.24, 2.45) is 0 Å². The Labute approximate surface area is 259 Å². The van der Waals surface area contributed by atoms with Crippen LogP contribution in [-0.4, -0.2) is 56.5 Å². The lowest BCUT2D eigenvalue weighted by Gasteiger charge is -2.33. The predicted molar refractivity (Wildman–Crippen MR) is 168 cm³/mol. The highest BCUT2D eigenvalue weighted by Gasteiger charge is 2.49. The zero-order valence-electron chi connectivity index (χ0n) is 23.6. The summed E-state index contributed by atoms with van der Waals surface area (Å²) in [5.41, 5.74) is 8.97. The van der Waals surface area contributed by atoms with Gasteiger partial charge in [0.25, 0.3) is 11.8 Å². The lowest BCUT2D eigenvalue weighted by atomic mass is 9.96. The van der Waals surface area contributed by atoms with Crippen LogP contribution in [0.25, 0.3) is 0 Å². The molecule has 3 amide bonds. The number of hydrogen-bond acceptors (Lipinski definition) is 6. The minimum absolute atomic E-state index is 0.0733. The van der Waals surface area contributed by atoms with Crippen LogP contribution < -0.4 is 16.4 Å². The van der Waals surface area contributed by atoms with E-state index in [4.69, 9.17) is 28.9 Å². The first-order valence-electron chi connectivity index (χ1n) is 13.4. The zero-order valence-corrected chi connectivity index (χ0v) is 25.9. The summed E-state index contributed by atoms with van der Waals surface area (Å²) in [4.78, 5) is 42.0. The molecule has 3 aromatic carbocycles. The molecule has 1 saturated heterocycles. The molecule has 0 aromatic heterocycles. The number of aryl methyl sites for hydroxylation is 1. The molecule has 4 rings (SSSR count). The number of amides is 3. The molecule has 1 fully saturated rings. The Morgan fingerprint density at radius 1 is 1.07 bits per heavy atom. The van der Waals surface area contributed by atoms with Crippen molar-refractivity contribution >= 4 is 58.4 Å². The third kappa shape index (κ3) is 7.21. The minimum atomic E-state index is -1.66. The SMILES string of the molecule is Cc1ccccc1CNC(=O)[C@H]1N(C(=O)[C@@H](O)[C@H](Cc2ccc(Cl)cc2)NC(=O)c2cccc(N)c2Cl)CSC1(C)C. The van der Waals surface area contributed by atoms with E-state index in [0.29, 0.717) is 11.6 Å². The van der Waals surface area contributed by atoms with Gasteiger partial charge in [0.05, 0.1) is 28.2 Å². The molecule has 3 aromatic rings. The molecule has 8 nitrogen and oxygen atoms in total. The Kier molecular flexibility index (Phi) is 10.1. The van der Waals surface area contributed by atoms with E-state index in [9.17, 15) is 19.5 Å². The summed E-state index contributed by atoms with van der Waals surface area (Å²) in [5, 5.41) is 17.8. The van der Waals surface area contributed by atoms with E-state index in [1.807, 2.05) is 45.0 Å². The molecule has 1 aliphatic rings. The van der Waals surface area contributed by atoms with Crippen molar-refractivity contribution in [2.75, 3.05) is 11.6 Å². The fourth-order valence-corrected chi connectivity index (χ4v) is 6.41. The van der Waals surface area contributed by atoms with Gasteiger partial charge >= 0.3 is 0 Å². The highest BCUT2D eigenvalue weighted by molar-refractivity contribution is 8.00. The topological polar surface area (TPSA) is 125 Å². The van der Waals surface area contributed by atoms with Crippen molar-refractivity contribution < 1.29 is 19.5 Å². The maximum atomic E-state index is 13.9. The molecular weight excluding hydrogens is 595 g/mol. The number of aliphatic hydroxyl groups is 1. The molecule has 5 N–H and O–H groups in total. The Hall–Kier alpha value is -3.24. The Bertz CT molecular complexity index is 1470. The highest BCUT2D eigenvalue weighted by Crippen LogP contribution is 2.40. The van der Waals surface area contributed by atoms with Crippen LogP contribution in [0.1, 0.15) is 40.9 Å². The second-order valence-corrected chi connectivity index (χ2v) is 13.2. The van der Waals surface area contributed by atoms with Crippen molar-refractivity contribution in [3.05, 3.63) is 99.0 Å². The summed E-state index contributed by atoms with van der Waals surface area (Å²) >= 11 is 13.8. The van der Waals surface area contributed by atoms with Gasteiger partial charge in [-0.1, -0.05) is 65.7 Å². The predicted octanol–water partition coefficient (Wildman–Crippen LogP) is 4.58. The van der Waals surface area contributed by atoms with Crippen LogP contribution in [-0.2, 0) is 22.6 Å². The molecule has 0 radical (unpaired) electrons. The average molecular weight is 630 g/mol. The lowest BCUT2D eigenvalue weighted by molar-refractivity contribution is -0.147. The summed E-state index contributed by atoms with van der Waals surface area (Å²) in [6, 6.07) is 17.4. The van der Waals surface area contributed by atoms with E-state index in [1.165, 1.54) is 22.7 Å². The van der Waals surface area contributed by atoms with E-state index in [2.05, 4.69) is 10.6 Å². The largest absolute Gasteiger partial charge is 0.398 e. The first-order chi connectivity index (χ1) is 19.9. The summed E-state index contributed by atoms with van der Waals surface area (Å²) in [6.07, 6.45) is -1.55. The van der Waals surface area contributed by atoms with Crippen LogP contribution in [0, 0.1) is 6.92 Å². The first-order valence-corrected chi connectivity index (χ1v) is 15.2. The van der Waals surface area contributed by atoms with Crippen LogP contribution in [0.5, 0.6) is 0 Å². The third-order valence-corrected chi connectivity index (χ3v) is 9.43. The van der Waals surface area contributed by atoms with E-state index < -0.39 is 34.7 Å². The quantitative estimate of drug-likeness (QED) is 0.257. The van der Waals surface area contributed by atoms with Crippen LogP contribution in [0.4, 0.5) is 5.69 Å². The summed E-state index contributed by atoms with van der Waals surface area (Å²) in [7, 11) is 0. The van der Waals surface area contributed by atoms with Crippen molar-refractivity contribution in [3.8, 4) is 0 Å². The number of carbonyl (C=O) groups is 3. The van der Waals surface area contributed by atoms with Crippen molar-refractivity contribution in [1.29, 1.82) is 0 Å². The van der Waals surface area contributed by atoms with E-state index in [-0.39, 0.29) is 34.5 Å². The van der Waals surface area contributed by atoms with Gasteiger partial charge in [0, 0.05) is 16.3 Å². The minimum Gasteiger partial charge on any atom is -0.398 e. The maximum Gasteiger partial charge on any atom is 0.254 e. The number of hydrogen-bond donors (Lipinski definition) is 4. The standard InChI is InChI=1S/C31H34Cl2N4O4S/c1-18-7-4-5-8-20(18)16-35-29(40)27-31(2,3)42-17-37(27)30(41)26(38)24(15-19-11-13-21(32)14-12-19)36-28(39)22-9-6-10-23(34)25(22)33/h4-14,24,26-27,38H,15-17,34H2,1-3H3,(H,35,40)(H,36,39)/t24-,26-,27+/m0/s1. The molecule has 1 aliphatic heterocycles. The van der Waals surface area contributed by atoms with Gasteiger partial charge in [-0.15, -0.1) is 11.8 Å². The highest BCUT2D eigenvalue weighted by atomic mass is 35.5. The number of nitrogens with two attached hydrogens (primary N) is 1. The van der Waals surface area contributed by atoms with Crippen LogP contribution >= 0.6 is 35.0 Å². The second kappa shape index (κ2) is 13.4. The van der Waals surface area contributed by atoms with Gasteiger partial charge in [0.2, 0.25) is 5.91 Å². The second-order valence-electron chi connectivity index (χ2n) is 10.8. The van der Waals surface area contributed by atoms with E-state index >= 15 is 0 Å². The monoisotopic (exact) mass is 628 g/mol. The molecule has 42 heavy (non-hydrogen) atoms. The average Bonchev–Trinajstić information content (AvgIpc) is 3.28. The number of carbonyl (C=O) groups excluding carboxylic acids is 3. The third-order valence-electron chi connectivity index (χ3n) is 7.38. The number of thioether (sulfide) groups is 1. The van der Waals surface area contributed by atoms with Gasteiger partial charge in [-0.25, -0.2) is 0 Å². The fraction of sp³-hybridized carbons (Fsp3) is 0.323. The van der Waals surface area contributed by atoms with Gasteiger partial charge in [0.1, 0.15) is 6.04 Å². The van der Waals surface area contributed by atoms with Crippen molar-refractivity contribution in [2.45, 2.75) is 56.7 Å². The van der Waals surface area contributed by atoms with Crippen LogP contribution in [0.15, 0.2) is 66.7 Å². The van der Waals surface area contributed by atoms with E-state index in [0.717, 1.165) is 16.7 Å². The Morgan fingerprint density at radius 3 is 2.45 bits per heavy atom. The lowest BCUT2D eigenvalue weighted by Crippen LogP contribution is -2.58. The number of benzene rings is 3. The van der Waals surface area contributed by atoms with Crippen LogP contribution in [0.2, 0.25) is 10.0 Å². The number of nitrogen functional groups attached to an aromatic ring is 1. The molecule has 222 valence electrons. The van der Waals surface area contributed by atoms with Crippen molar-refractivity contribution in [1.82, 2.24) is 15.5 Å². The first kappa shape index (κ1) is 31.7. The van der Waals surface area contributed by atoms with Crippen LogP contribution in [0.3, 0.4) is 0 Å². The Morgan fingerprint density at radius 2 is 1.76 bits per heavy atom. The Balaban J connectivity index is 1.57. The number of anilines is 1. The summed E-state index contributed by atoms with van der Waals surface area (Å²) < 4.78 is -0.616. The van der Waals surface area contributed by atoms with Crippen molar-refractivity contribution in [3.63, 3.8) is 0 Å². The number of aliphatic hydroxyl groups excluding tert-OH is 1. The number of nitrogens with zero attached hydrogens (tertiary/aromatic N) is 1. The summed E-state index contributed by atoms with van der Waals surface area (Å²) in [6.45, 7) is 6.06.